The summed E-state index contributed by atoms with van der Waals surface area (Å²) in [7, 11) is 0. The Kier molecular flexibility index (Phi) is 4.91. The van der Waals surface area contributed by atoms with Crippen molar-refractivity contribution in [3.8, 4) is 0 Å². The van der Waals surface area contributed by atoms with E-state index in [2.05, 4.69) is 15.3 Å². The quantitative estimate of drug-likeness (QED) is 0.403. The fraction of sp³-hybridized carbons (Fsp3) is 0.250. The van der Waals surface area contributed by atoms with E-state index in [9.17, 15) is 9.59 Å². The number of hydrogen-bond donors (Lipinski definition) is 3. The van der Waals surface area contributed by atoms with E-state index in [1.54, 1.807) is 5.38 Å². The topological polar surface area (TPSA) is 123 Å². The van der Waals surface area contributed by atoms with Crippen molar-refractivity contribution in [3.63, 3.8) is 0 Å². The second-order valence-electron chi connectivity index (χ2n) is 2.88. The van der Waals surface area contributed by atoms with Crippen LogP contribution in [0.15, 0.2) is 14.7 Å². The summed E-state index contributed by atoms with van der Waals surface area (Å²) < 4.78 is 0.578. The smallest absolute Gasteiger partial charge is 0.247 e. The lowest BCUT2D eigenvalue weighted by molar-refractivity contribution is -0.115. The highest BCUT2D eigenvalue weighted by molar-refractivity contribution is 8.14. The van der Waals surface area contributed by atoms with E-state index < -0.39 is 0 Å². The van der Waals surface area contributed by atoms with E-state index in [1.165, 1.54) is 18.3 Å². The molecule has 9 heteroatoms. The second-order valence-corrected chi connectivity index (χ2v) is 5.16. The Bertz CT molecular complexity index is 453. The number of thioether (sulfide) groups is 1. The molecule has 0 radical (unpaired) electrons. The molecule has 1 heterocycles. The zero-order valence-electron chi connectivity index (χ0n) is 8.97. The third kappa shape index (κ3) is 5.31. The molecule has 0 bridgehead atoms. The minimum absolute atomic E-state index is 0.0577. The minimum atomic E-state index is -0.372. The van der Waals surface area contributed by atoms with Crippen molar-refractivity contribution < 1.29 is 9.59 Å². The van der Waals surface area contributed by atoms with Crippen LogP contribution in [0.5, 0.6) is 0 Å². The molecule has 0 saturated heterocycles. The highest BCUT2D eigenvalue weighted by atomic mass is 32.2. The Labute approximate surface area is 106 Å². The van der Waals surface area contributed by atoms with E-state index in [4.69, 9.17) is 11.5 Å². The van der Waals surface area contributed by atoms with Crippen molar-refractivity contribution in [1.82, 2.24) is 4.98 Å². The third-order valence-electron chi connectivity index (χ3n) is 1.39. The van der Waals surface area contributed by atoms with Crippen molar-refractivity contribution >= 4 is 45.9 Å². The minimum Gasteiger partial charge on any atom is -0.370 e. The van der Waals surface area contributed by atoms with Gasteiger partial charge in [0.15, 0.2) is 15.4 Å². The van der Waals surface area contributed by atoms with Gasteiger partial charge in [0, 0.05) is 12.3 Å². The lowest BCUT2D eigenvalue weighted by atomic mass is 10.6. The van der Waals surface area contributed by atoms with Crippen molar-refractivity contribution in [3.05, 3.63) is 5.38 Å². The van der Waals surface area contributed by atoms with Crippen molar-refractivity contribution in [2.24, 2.45) is 16.5 Å². The average molecular weight is 273 g/mol. The number of aliphatic imine (C=N–C) groups is 1. The van der Waals surface area contributed by atoms with Crippen LogP contribution in [0, 0.1) is 0 Å². The maximum atomic E-state index is 11.3. The van der Waals surface area contributed by atoms with Crippen molar-refractivity contribution in [2.75, 3.05) is 11.9 Å². The number of thiazole rings is 1. The summed E-state index contributed by atoms with van der Waals surface area (Å²) in [5.41, 5.74) is 10.2. The number of carbonyl (C=O) groups excluding carboxylic acids is 2. The first-order valence-corrected chi connectivity index (χ1v) is 6.16. The predicted molar refractivity (Wildman–Crippen MR) is 68.0 cm³/mol. The van der Waals surface area contributed by atoms with Crippen LogP contribution in [0.2, 0.25) is 0 Å². The maximum absolute atomic E-state index is 11.3. The number of amides is 1. The van der Waals surface area contributed by atoms with E-state index in [1.807, 2.05) is 0 Å². The summed E-state index contributed by atoms with van der Waals surface area (Å²) in [6.07, 6.45) is 0. The molecule has 17 heavy (non-hydrogen) atoms. The molecule has 7 nitrogen and oxygen atoms in total. The SMILES string of the molecule is CC(=O)Sc1nc(NC(=O)CN=C(N)N)cs1. The van der Waals surface area contributed by atoms with E-state index in [-0.39, 0.29) is 23.5 Å². The van der Waals surface area contributed by atoms with Crippen molar-refractivity contribution in [1.29, 1.82) is 0 Å². The third-order valence-corrected chi connectivity index (χ3v) is 3.11. The lowest BCUT2D eigenvalue weighted by Crippen LogP contribution is -2.25. The average Bonchev–Trinajstić information content (AvgIpc) is 2.61. The fourth-order valence-corrected chi connectivity index (χ4v) is 2.38. The molecule has 1 rings (SSSR count). The Morgan fingerprint density at radius 1 is 1.59 bits per heavy atom. The zero-order chi connectivity index (χ0) is 12.8. The molecule has 1 aromatic heterocycles. The van der Waals surface area contributed by atoms with E-state index in [0.29, 0.717) is 10.2 Å². The Morgan fingerprint density at radius 2 is 2.29 bits per heavy atom. The van der Waals surface area contributed by atoms with Gasteiger partial charge in [-0.1, -0.05) is 0 Å². The fourth-order valence-electron chi connectivity index (χ4n) is 0.830. The molecule has 92 valence electrons. The first-order chi connectivity index (χ1) is 7.97. The molecule has 0 aliphatic heterocycles. The van der Waals surface area contributed by atoms with Gasteiger partial charge in [-0.3, -0.25) is 9.59 Å². The summed E-state index contributed by atoms with van der Waals surface area (Å²) in [5.74, 6) is -0.135. The number of hydrogen-bond acceptors (Lipinski definition) is 6. The molecule has 0 aliphatic rings. The Hall–Kier alpha value is -1.61. The van der Waals surface area contributed by atoms with Crippen LogP contribution < -0.4 is 16.8 Å². The molecule has 0 atom stereocenters. The lowest BCUT2D eigenvalue weighted by Gasteiger charge is -1.98. The van der Waals surface area contributed by atoms with Gasteiger partial charge in [0.05, 0.1) is 0 Å². The number of aromatic nitrogens is 1. The number of nitrogens with two attached hydrogens (primary N) is 2. The Balaban J connectivity index is 2.51. The van der Waals surface area contributed by atoms with Gasteiger partial charge in [-0.25, -0.2) is 9.98 Å². The number of carbonyl (C=O) groups is 2. The van der Waals surface area contributed by atoms with Crippen LogP contribution in [0.4, 0.5) is 5.82 Å². The van der Waals surface area contributed by atoms with Crippen LogP contribution in [0.25, 0.3) is 0 Å². The highest BCUT2D eigenvalue weighted by Gasteiger charge is 2.07. The Morgan fingerprint density at radius 3 is 2.88 bits per heavy atom. The van der Waals surface area contributed by atoms with Gasteiger partial charge in [-0.05, 0) is 11.8 Å². The van der Waals surface area contributed by atoms with Crippen LogP contribution in [0.3, 0.4) is 0 Å². The summed E-state index contributed by atoms with van der Waals surface area (Å²) >= 11 is 2.29. The van der Waals surface area contributed by atoms with Gasteiger partial charge in [0.25, 0.3) is 0 Å². The van der Waals surface area contributed by atoms with E-state index >= 15 is 0 Å². The molecule has 0 fully saturated rings. The predicted octanol–water partition coefficient (Wildman–Crippen LogP) is -0.00640. The number of anilines is 1. The molecule has 5 N–H and O–H groups in total. The first-order valence-electron chi connectivity index (χ1n) is 4.46. The molecule has 0 saturated carbocycles. The normalized spacial score (nSPS) is 9.71. The van der Waals surface area contributed by atoms with Crippen molar-refractivity contribution in [2.45, 2.75) is 11.3 Å². The molecular weight excluding hydrogens is 262 g/mol. The summed E-state index contributed by atoms with van der Waals surface area (Å²) in [4.78, 5) is 29.7. The molecule has 0 aromatic carbocycles. The van der Waals surface area contributed by atoms with Crippen LogP contribution in [0.1, 0.15) is 6.92 Å². The zero-order valence-corrected chi connectivity index (χ0v) is 10.6. The van der Waals surface area contributed by atoms with Gasteiger partial charge in [0.1, 0.15) is 12.4 Å². The largest absolute Gasteiger partial charge is 0.370 e. The molecular formula is C8H11N5O2S2. The number of guanidine groups is 1. The molecule has 0 unspecified atom stereocenters. The van der Waals surface area contributed by atoms with Gasteiger partial charge in [-0.15, -0.1) is 11.3 Å². The standard InChI is InChI=1S/C8H11N5O2S2/c1-4(14)17-8-13-5(3-16-8)12-6(15)2-11-7(9)10/h3H,2H2,1H3,(H,12,15)(H4,9,10,11). The molecule has 0 aliphatic carbocycles. The van der Waals surface area contributed by atoms with Gasteiger partial charge in [0.2, 0.25) is 5.91 Å². The highest BCUT2D eigenvalue weighted by Crippen LogP contribution is 2.25. The van der Waals surface area contributed by atoms with Crippen LogP contribution in [-0.4, -0.2) is 28.5 Å². The van der Waals surface area contributed by atoms with Gasteiger partial charge < -0.3 is 16.8 Å². The maximum Gasteiger partial charge on any atom is 0.247 e. The molecule has 1 amide bonds. The second kappa shape index (κ2) is 6.21. The molecule has 0 spiro atoms. The number of rotatable bonds is 4. The number of nitrogens with one attached hydrogen (secondary N) is 1. The van der Waals surface area contributed by atoms with Gasteiger partial charge in [-0.2, -0.15) is 0 Å². The van der Waals surface area contributed by atoms with Gasteiger partial charge >= 0.3 is 0 Å². The summed E-state index contributed by atoms with van der Waals surface area (Å²) in [6, 6.07) is 0. The number of nitrogens with zero attached hydrogens (tertiary/aromatic N) is 2. The summed E-state index contributed by atoms with van der Waals surface area (Å²) in [5, 5.41) is 4.09. The van der Waals surface area contributed by atoms with E-state index in [0.717, 1.165) is 11.8 Å². The first kappa shape index (κ1) is 13.5. The van der Waals surface area contributed by atoms with Crippen LogP contribution >= 0.6 is 23.1 Å². The molecule has 1 aromatic rings. The van der Waals surface area contributed by atoms with Crippen LogP contribution in [-0.2, 0) is 9.59 Å². The monoisotopic (exact) mass is 273 g/mol. The summed E-state index contributed by atoms with van der Waals surface area (Å²) in [6.45, 7) is 1.29.